The topological polar surface area (TPSA) is 97.3 Å². The number of sulfonamides is 1. The first kappa shape index (κ1) is 26.2. The molecule has 0 spiro atoms. The highest BCUT2D eigenvalue weighted by Gasteiger charge is 2.27. The quantitative estimate of drug-likeness (QED) is 0.325. The van der Waals surface area contributed by atoms with Crippen LogP contribution in [0.3, 0.4) is 0 Å². The molecule has 0 fully saturated rings. The van der Waals surface area contributed by atoms with Gasteiger partial charge >= 0.3 is 0 Å². The zero-order valence-corrected chi connectivity index (χ0v) is 21.1. The standard InChI is InChI=1S/C25H26ClN3O5S/c1-18-5-4-6-19(13-18)16-29(35(31,32)23-10-7-21(26)8-11-23)17-25(30)28-27-15-20-14-22(33-2)9-12-24(20)34-3/h4-15H,16-17H2,1-3H3,(H,28,30)/b27-15-. The van der Waals surface area contributed by atoms with E-state index in [-0.39, 0.29) is 11.4 Å². The Kier molecular flexibility index (Phi) is 8.86. The number of aryl methyl sites for hydroxylation is 1. The maximum atomic E-state index is 13.4. The van der Waals surface area contributed by atoms with Crippen LogP contribution in [0.4, 0.5) is 0 Å². The van der Waals surface area contributed by atoms with E-state index in [0.29, 0.717) is 22.1 Å². The third-order valence-electron chi connectivity index (χ3n) is 5.04. The second kappa shape index (κ2) is 11.8. The van der Waals surface area contributed by atoms with Gasteiger partial charge < -0.3 is 9.47 Å². The van der Waals surface area contributed by atoms with E-state index in [2.05, 4.69) is 10.5 Å². The normalized spacial score (nSPS) is 11.6. The molecule has 0 saturated carbocycles. The number of rotatable bonds is 10. The van der Waals surface area contributed by atoms with Crippen LogP contribution in [-0.2, 0) is 21.4 Å². The summed E-state index contributed by atoms with van der Waals surface area (Å²) in [4.78, 5) is 12.7. The molecular formula is C25H26ClN3O5S. The molecule has 0 radical (unpaired) electrons. The molecule has 0 unspecified atom stereocenters. The predicted molar refractivity (Wildman–Crippen MR) is 136 cm³/mol. The average molecular weight is 516 g/mol. The van der Waals surface area contributed by atoms with E-state index >= 15 is 0 Å². The molecule has 1 amide bonds. The van der Waals surface area contributed by atoms with Gasteiger partial charge in [-0.1, -0.05) is 41.4 Å². The fourth-order valence-electron chi connectivity index (χ4n) is 3.31. The van der Waals surface area contributed by atoms with Gasteiger partial charge in [-0.3, -0.25) is 4.79 Å². The van der Waals surface area contributed by atoms with Crippen LogP contribution >= 0.6 is 11.6 Å². The van der Waals surface area contributed by atoms with Gasteiger partial charge in [0, 0.05) is 17.1 Å². The van der Waals surface area contributed by atoms with Crippen LogP contribution in [0.25, 0.3) is 0 Å². The van der Waals surface area contributed by atoms with Crippen molar-refractivity contribution in [3.8, 4) is 11.5 Å². The molecule has 35 heavy (non-hydrogen) atoms. The van der Waals surface area contributed by atoms with Crippen LogP contribution in [0.5, 0.6) is 11.5 Å². The predicted octanol–water partition coefficient (Wildman–Crippen LogP) is 4.01. The molecule has 184 valence electrons. The van der Waals surface area contributed by atoms with Crippen molar-refractivity contribution in [2.75, 3.05) is 20.8 Å². The average Bonchev–Trinajstić information content (AvgIpc) is 2.84. The van der Waals surface area contributed by atoms with Gasteiger partial charge in [-0.05, 0) is 55.0 Å². The number of ether oxygens (including phenoxy) is 2. The number of carbonyl (C=O) groups is 1. The monoisotopic (exact) mass is 515 g/mol. The molecular weight excluding hydrogens is 490 g/mol. The van der Waals surface area contributed by atoms with Crippen molar-refractivity contribution < 1.29 is 22.7 Å². The fourth-order valence-corrected chi connectivity index (χ4v) is 4.82. The summed E-state index contributed by atoms with van der Waals surface area (Å²) in [5.41, 5.74) is 4.70. The summed E-state index contributed by atoms with van der Waals surface area (Å²) in [5.74, 6) is 0.528. The van der Waals surface area contributed by atoms with Gasteiger partial charge in [-0.25, -0.2) is 13.8 Å². The number of methoxy groups -OCH3 is 2. The third-order valence-corrected chi connectivity index (χ3v) is 7.10. The molecule has 1 N–H and O–H groups in total. The second-order valence-electron chi connectivity index (χ2n) is 7.62. The van der Waals surface area contributed by atoms with Gasteiger partial charge in [-0.2, -0.15) is 9.41 Å². The van der Waals surface area contributed by atoms with Crippen LogP contribution in [0.1, 0.15) is 16.7 Å². The van der Waals surface area contributed by atoms with Crippen LogP contribution in [-0.4, -0.2) is 45.6 Å². The van der Waals surface area contributed by atoms with Crippen molar-refractivity contribution >= 4 is 33.7 Å². The number of nitrogens with one attached hydrogen (secondary N) is 1. The first-order valence-corrected chi connectivity index (χ1v) is 12.4. The zero-order valence-electron chi connectivity index (χ0n) is 19.6. The van der Waals surface area contributed by atoms with E-state index in [9.17, 15) is 13.2 Å². The molecule has 0 aliphatic carbocycles. The summed E-state index contributed by atoms with van der Waals surface area (Å²) < 4.78 is 38.3. The minimum absolute atomic E-state index is 0.00742. The van der Waals surface area contributed by atoms with Gasteiger partial charge in [0.05, 0.1) is 31.9 Å². The fraction of sp³-hybridized carbons (Fsp3) is 0.200. The number of nitrogens with zero attached hydrogens (tertiary/aromatic N) is 2. The van der Waals surface area contributed by atoms with Crippen molar-refractivity contribution in [3.05, 3.63) is 88.4 Å². The lowest BCUT2D eigenvalue weighted by atomic mass is 10.1. The lowest BCUT2D eigenvalue weighted by molar-refractivity contribution is -0.121. The van der Waals surface area contributed by atoms with Crippen molar-refractivity contribution in [2.24, 2.45) is 5.10 Å². The third kappa shape index (κ3) is 7.05. The maximum absolute atomic E-state index is 13.4. The Morgan fingerprint density at radius 1 is 1.06 bits per heavy atom. The Labute approximate surface area is 210 Å². The summed E-state index contributed by atoms with van der Waals surface area (Å²) in [6, 6.07) is 18.4. The van der Waals surface area contributed by atoms with Crippen LogP contribution in [0.2, 0.25) is 5.02 Å². The smallest absolute Gasteiger partial charge is 0.255 e. The minimum atomic E-state index is -4.00. The molecule has 0 saturated heterocycles. The van der Waals surface area contributed by atoms with Crippen molar-refractivity contribution in [1.29, 1.82) is 0 Å². The van der Waals surface area contributed by atoms with Gasteiger partial charge in [0.25, 0.3) is 5.91 Å². The van der Waals surface area contributed by atoms with E-state index in [4.69, 9.17) is 21.1 Å². The summed E-state index contributed by atoms with van der Waals surface area (Å²) >= 11 is 5.92. The summed E-state index contributed by atoms with van der Waals surface area (Å²) in [5, 5.41) is 4.38. The lowest BCUT2D eigenvalue weighted by Crippen LogP contribution is -2.39. The molecule has 0 aliphatic heterocycles. The van der Waals surface area contributed by atoms with Gasteiger partial charge in [0.15, 0.2) is 0 Å². The molecule has 3 aromatic rings. The summed E-state index contributed by atoms with van der Waals surface area (Å²) in [6.45, 7) is 1.48. The Morgan fingerprint density at radius 3 is 2.46 bits per heavy atom. The summed E-state index contributed by atoms with van der Waals surface area (Å²) in [7, 11) is -0.943. The first-order valence-electron chi connectivity index (χ1n) is 10.6. The number of amides is 1. The molecule has 0 aromatic heterocycles. The van der Waals surface area contributed by atoms with E-state index in [1.54, 1.807) is 18.2 Å². The highest BCUT2D eigenvalue weighted by molar-refractivity contribution is 7.89. The Bertz CT molecular complexity index is 1310. The van der Waals surface area contributed by atoms with E-state index in [0.717, 1.165) is 15.4 Å². The number of hydrogen-bond acceptors (Lipinski definition) is 6. The molecule has 10 heteroatoms. The molecule has 0 bridgehead atoms. The number of hydrazone groups is 1. The first-order chi connectivity index (χ1) is 16.7. The van der Waals surface area contributed by atoms with Crippen LogP contribution in [0.15, 0.2) is 76.7 Å². The maximum Gasteiger partial charge on any atom is 0.255 e. The highest BCUT2D eigenvalue weighted by Crippen LogP contribution is 2.23. The SMILES string of the molecule is COc1ccc(OC)c(/C=N\NC(=O)CN(Cc2cccc(C)c2)S(=O)(=O)c2ccc(Cl)cc2)c1. The zero-order chi connectivity index (χ0) is 25.4. The van der Waals surface area contributed by atoms with Crippen molar-refractivity contribution in [3.63, 3.8) is 0 Å². The van der Waals surface area contributed by atoms with Crippen LogP contribution < -0.4 is 14.9 Å². The number of hydrogen-bond donors (Lipinski definition) is 1. The van der Waals surface area contributed by atoms with Crippen molar-refractivity contribution in [2.45, 2.75) is 18.4 Å². The number of carbonyl (C=O) groups excluding carboxylic acids is 1. The van der Waals surface area contributed by atoms with Gasteiger partial charge in [-0.15, -0.1) is 0 Å². The Hall–Kier alpha value is -3.40. The molecule has 8 nitrogen and oxygen atoms in total. The number of benzene rings is 3. The molecule has 0 atom stereocenters. The molecule has 3 aromatic carbocycles. The molecule has 3 rings (SSSR count). The van der Waals surface area contributed by atoms with Gasteiger partial charge in [0.1, 0.15) is 11.5 Å². The van der Waals surface area contributed by atoms with E-state index in [1.807, 2.05) is 31.2 Å². The minimum Gasteiger partial charge on any atom is -0.497 e. The van der Waals surface area contributed by atoms with Gasteiger partial charge in [0.2, 0.25) is 10.0 Å². The highest BCUT2D eigenvalue weighted by atomic mass is 35.5. The summed E-state index contributed by atoms with van der Waals surface area (Å²) in [6.07, 6.45) is 1.40. The Morgan fingerprint density at radius 2 is 1.80 bits per heavy atom. The van der Waals surface area contributed by atoms with E-state index in [1.165, 1.54) is 44.7 Å². The molecule has 0 aliphatic rings. The van der Waals surface area contributed by atoms with E-state index < -0.39 is 22.5 Å². The largest absolute Gasteiger partial charge is 0.497 e. The second-order valence-corrected chi connectivity index (χ2v) is 9.99. The van der Waals surface area contributed by atoms with Crippen molar-refractivity contribution in [1.82, 2.24) is 9.73 Å². The van der Waals surface area contributed by atoms with Crippen LogP contribution in [0, 0.1) is 6.92 Å². The Balaban J connectivity index is 1.81. The molecule has 0 heterocycles. The lowest BCUT2D eigenvalue weighted by Gasteiger charge is -2.21. The number of halogens is 1.